The molecule has 1 aliphatic rings. The molecule has 3 heterocycles. The zero-order valence-corrected chi connectivity index (χ0v) is 16.9. The first kappa shape index (κ1) is 20.8. The summed E-state index contributed by atoms with van der Waals surface area (Å²) in [6.07, 6.45) is 14.7. The van der Waals surface area contributed by atoms with Gasteiger partial charge < -0.3 is 9.73 Å². The van der Waals surface area contributed by atoms with Crippen LogP contribution in [0.25, 0.3) is 11.0 Å². The third kappa shape index (κ3) is 5.11. The number of benzene rings is 1. The van der Waals surface area contributed by atoms with Crippen molar-refractivity contribution in [2.24, 2.45) is 0 Å². The fraction of sp³-hybridized carbons (Fsp3) is 0.273. The van der Waals surface area contributed by atoms with Crippen molar-refractivity contribution < 1.29 is 13.4 Å². The number of nitrogens with one attached hydrogen (secondary N) is 1. The number of terminal acetylenes is 1. The lowest BCUT2D eigenvalue weighted by atomic mass is 10.2. The van der Waals surface area contributed by atoms with Gasteiger partial charge in [-0.05, 0) is 42.7 Å². The van der Waals surface area contributed by atoms with Gasteiger partial charge in [-0.25, -0.2) is 8.51 Å². The van der Waals surface area contributed by atoms with Gasteiger partial charge in [-0.1, -0.05) is 18.6 Å². The van der Waals surface area contributed by atoms with Crippen molar-refractivity contribution in [2.45, 2.75) is 30.7 Å². The van der Waals surface area contributed by atoms with Crippen LogP contribution in [0, 0.1) is 12.8 Å². The Labute approximate surface area is 172 Å². The first-order valence-corrected chi connectivity index (χ1v) is 10.5. The monoisotopic (exact) mass is 409 g/mol. The van der Waals surface area contributed by atoms with Crippen LogP contribution in [0.5, 0.6) is 0 Å². The lowest BCUT2D eigenvalue weighted by Crippen LogP contribution is -2.31. The number of aromatic nitrogens is 1. The molecule has 2 aromatic heterocycles. The number of hydrogen-bond donors (Lipinski definition) is 1. The predicted molar refractivity (Wildman–Crippen MR) is 113 cm³/mol. The van der Waals surface area contributed by atoms with Crippen LogP contribution in [0.1, 0.15) is 35.4 Å². The molecule has 29 heavy (non-hydrogen) atoms. The summed E-state index contributed by atoms with van der Waals surface area (Å²) in [6, 6.07) is 11.1. The number of pyridine rings is 1. The zero-order chi connectivity index (χ0) is 20.6. The van der Waals surface area contributed by atoms with E-state index in [1.54, 1.807) is 24.5 Å². The smallest absolute Gasteiger partial charge is 0.287 e. The highest BCUT2D eigenvalue weighted by atomic mass is 32.2. The Morgan fingerprint density at radius 1 is 1.14 bits per heavy atom. The minimum atomic E-state index is -1.10. The number of amides is 1. The molecule has 7 heteroatoms. The molecule has 1 aromatic carbocycles. The second kappa shape index (κ2) is 10.0. The summed E-state index contributed by atoms with van der Waals surface area (Å²) in [6.45, 7) is 2.15. The summed E-state index contributed by atoms with van der Waals surface area (Å²) in [4.78, 5) is 17.1. The van der Waals surface area contributed by atoms with Crippen molar-refractivity contribution in [1.29, 1.82) is 0 Å². The van der Waals surface area contributed by atoms with Gasteiger partial charge in [-0.15, -0.1) is 12.8 Å². The molecule has 1 unspecified atom stereocenters. The van der Waals surface area contributed by atoms with Gasteiger partial charge in [0.05, 0.1) is 11.1 Å². The molecule has 1 fully saturated rings. The fourth-order valence-electron chi connectivity index (χ4n) is 3.17. The molecular formula is C22H23N3O3S. The molecule has 6 nitrogen and oxygen atoms in total. The molecule has 0 bridgehead atoms. The number of carbonyl (C=O) groups excluding carboxylic acids is 1. The van der Waals surface area contributed by atoms with Crippen LogP contribution in [0.15, 0.2) is 58.1 Å². The van der Waals surface area contributed by atoms with E-state index in [1.165, 1.54) is 6.42 Å². The number of fused-ring (bicyclic) bond motifs is 1. The highest BCUT2D eigenvalue weighted by molar-refractivity contribution is 7.82. The van der Waals surface area contributed by atoms with Crippen molar-refractivity contribution in [2.75, 3.05) is 13.1 Å². The molecule has 1 atom stereocenters. The second-order valence-electron chi connectivity index (χ2n) is 6.59. The SMILES string of the molecule is C#C.O=C(NCc1ccc(S(=O)N2CCCCC2)cc1)c1cc2ccncc2o1. The number of rotatable bonds is 5. The Balaban J connectivity index is 0.00000117. The quantitative estimate of drug-likeness (QED) is 0.655. The van der Waals surface area contributed by atoms with Crippen molar-refractivity contribution in [3.63, 3.8) is 0 Å². The van der Waals surface area contributed by atoms with E-state index >= 15 is 0 Å². The molecule has 4 rings (SSSR count). The van der Waals surface area contributed by atoms with Gasteiger partial charge in [0.2, 0.25) is 0 Å². The van der Waals surface area contributed by atoms with Crippen LogP contribution in [-0.4, -0.2) is 32.5 Å². The van der Waals surface area contributed by atoms with E-state index in [9.17, 15) is 9.00 Å². The van der Waals surface area contributed by atoms with Crippen LogP contribution >= 0.6 is 0 Å². The zero-order valence-electron chi connectivity index (χ0n) is 16.0. The summed E-state index contributed by atoms with van der Waals surface area (Å²) in [5.74, 6) is -0.00649. The third-order valence-corrected chi connectivity index (χ3v) is 6.18. The molecular weight excluding hydrogens is 386 g/mol. The lowest BCUT2D eigenvalue weighted by molar-refractivity contribution is 0.0925. The largest absolute Gasteiger partial charge is 0.449 e. The molecule has 150 valence electrons. The average Bonchev–Trinajstić information content (AvgIpc) is 3.24. The fourth-order valence-corrected chi connectivity index (χ4v) is 4.43. The standard InChI is InChI=1S/C20H21N3O3S.C2H2/c24-20(18-12-16-8-9-21-14-19(16)26-18)22-13-15-4-6-17(7-5-15)27(25)23-10-2-1-3-11-23;1-2/h4-9,12,14H,1-3,10-11,13H2,(H,22,24);1-2H. The Hall–Kier alpha value is -2.95. The van der Waals surface area contributed by atoms with Gasteiger partial charge in [0.15, 0.2) is 11.3 Å². The van der Waals surface area contributed by atoms with Crippen molar-refractivity contribution in [3.05, 3.63) is 60.1 Å². The Morgan fingerprint density at radius 2 is 1.86 bits per heavy atom. The Bertz CT molecular complexity index is 972. The molecule has 0 saturated carbocycles. The highest BCUT2D eigenvalue weighted by Gasteiger charge is 2.18. The van der Waals surface area contributed by atoms with Crippen LogP contribution < -0.4 is 5.32 Å². The van der Waals surface area contributed by atoms with E-state index in [0.29, 0.717) is 12.1 Å². The minimum Gasteiger partial charge on any atom is -0.449 e. The van der Waals surface area contributed by atoms with Crippen molar-refractivity contribution in [1.82, 2.24) is 14.6 Å². The van der Waals surface area contributed by atoms with Gasteiger partial charge in [-0.2, -0.15) is 0 Å². The molecule has 0 spiro atoms. The van der Waals surface area contributed by atoms with Gasteiger partial charge >= 0.3 is 0 Å². The van der Waals surface area contributed by atoms with Crippen LogP contribution in [0.4, 0.5) is 0 Å². The highest BCUT2D eigenvalue weighted by Crippen LogP contribution is 2.19. The molecule has 3 aromatic rings. The maximum Gasteiger partial charge on any atom is 0.287 e. The van der Waals surface area contributed by atoms with E-state index < -0.39 is 11.0 Å². The number of hydrogen-bond acceptors (Lipinski definition) is 4. The topological polar surface area (TPSA) is 75.4 Å². The summed E-state index contributed by atoms with van der Waals surface area (Å²) in [5, 5.41) is 3.70. The maximum absolute atomic E-state index is 12.6. The summed E-state index contributed by atoms with van der Waals surface area (Å²) in [7, 11) is -1.10. The van der Waals surface area contributed by atoms with Gasteiger partial charge in [-0.3, -0.25) is 9.78 Å². The average molecular weight is 410 g/mol. The Morgan fingerprint density at radius 3 is 2.55 bits per heavy atom. The van der Waals surface area contributed by atoms with E-state index in [0.717, 1.165) is 41.8 Å². The first-order valence-electron chi connectivity index (χ1n) is 9.41. The molecule has 0 aliphatic carbocycles. The molecule has 0 radical (unpaired) electrons. The number of piperidine rings is 1. The molecule has 1 aliphatic heterocycles. The Kier molecular flexibility index (Phi) is 7.17. The van der Waals surface area contributed by atoms with E-state index in [2.05, 4.69) is 23.1 Å². The number of nitrogens with zero attached hydrogens (tertiary/aromatic N) is 2. The van der Waals surface area contributed by atoms with Gasteiger partial charge in [0.1, 0.15) is 11.0 Å². The van der Waals surface area contributed by atoms with Crippen molar-refractivity contribution >= 4 is 27.9 Å². The molecule has 1 amide bonds. The number of carbonyl (C=O) groups is 1. The normalized spacial score (nSPS) is 15.2. The molecule has 1 N–H and O–H groups in total. The lowest BCUT2D eigenvalue weighted by Gasteiger charge is -2.25. The predicted octanol–water partition coefficient (Wildman–Crippen LogP) is 3.52. The number of furan rings is 1. The van der Waals surface area contributed by atoms with E-state index in [1.807, 2.05) is 28.6 Å². The van der Waals surface area contributed by atoms with E-state index in [4.69, 9.17) is 4.42 Å². The second-order valence-corrected chi connectivity index (χ2v) is 8.08. The minimum absolute atomic E-state index is 0.265. The summed E-state index contributed by atoms with van der Waals surface area (Å²) >= 11 is 0. The summed E-state index contributed by atoms with van der Waals surface area (Å²) < 4.78 is 20.1. The van der Waals surface area contributed by atoms with E-state index in [-0.39, 0.29) is 11.7 Å². The van der Waals surface area contributed by atoms with Crippen LogP contribution in [0.3, 0.4) is 0 Å². The van der Waals surface area contributed by atoms with Gasteiger partial charge in [0.25, 0.3) is 5.91 Å². The molecule has 1 saturated heterocycles. The van der Waals surface area contributed by atoms with Crippen LogP contribution in [0.2, 0.25) is 0 Å². The van der Waals surface area contributed by atoms with Crippen LogP contribution in [-0.2, 0) is 17.5 Å². The van der Waals surface area contributed by atoms with Crippen molar-refractivity contribution in [3.8, 4) is 12.8 Å². The summed E-state index contributed by atoms with van der Waals surface area (Å²) in [5.41, 5.74) is 1.53. The first-order chi connectivity index (χ1) is 14.2. The maximum atomic E-state index is 12.6. The third-order valence-electron chi connectivity index (χ3n) is 4.67. The van der Waals surface area contributed by atoms with Gasteiger partial charge in [0, 0.05) is 31.2 Å².